The molecule has 1 amide bonds. The minimum Gasteiger partial charge on any atom is -0.392 e. The van der Waals surface area contributed by atoms with Gasteiger partial charge in [0.05, 0.1) is 23.3 Å². The summed E-state index contributed by atoms with van der Waals surface area (Å²) in [5.41, 5.74) is 4.62. The number of carbonyl (C=O) groups is 1. The monoisotopic (exact) mass is 365 g/mol. The minimum atomic E-state index is 0.0170. The molecule has 0 saturated carbocycles. The van der Waals surface area contributed by atoms with E-state index in [1.54, 1.807) is 0 Å². The lowest BCUT2D eigenvalue weighted by molar-refractivity contribution is 0.0788. The summed E-state index contributed by atoms with van der Waals surface area (Å²) in [5.74, 6) is 0.438. The molecule has 0 radical (unpaired) electrons. The Morgan fingerprint density at radius 2 is 2.11 bits per heavy atom. The lowest BCUT2D eigenvalue weighted by atomic mass is 9.97. The van der Waals surface area contributed by atoms with Crippen molar-refractivity contribution in [3.05, 3.63) is 58.4 Å². The molecule has 1 atom stereocenters. The van der Waals surface area contributed by atoms with Crippen LogP contribution in [0.25, 0.3) is 11.1 Å². The molecule has 27 heavy (non-hydrogen) atoms. The van der Waals surface area contributed by atoms with Crippen LogP contribution in [0.5, 0.6) is 0 Å². The number of hydrogen-bond acceptors (Lipinski definition) is 5. The van der Waals surface area contributed by atoms with Crippen LogP contribution in [0, 0.1) is 19.8 Å². The molecule has 3 aromatic rings. The molecular weight excluding hydrogens is 342 g/mol. The van der Waals surface area contributed by atoms with E-state index in [-0.39, 0.29) is 12.5 Å². The van der Waals surface area contributed by atoms with Gasteiger partial charge in [-0.2, -0.15) is 0 Å². The van der Waals surface area contributed by atoms with Crippen molar-refractivity contribution in [2.75, 3.05) is 13.1 Å². The molecular formula is C21H23N3O3. The largest absolute Gasteiger partial charge is 0.392 e. The van der Waals surface area contributed by atoms with Crippen molar-refractivity contribution in [1.29, 1.82) is 0 Å². The van der Waals surface area contributed by atoms with Gasteiger partial charge in [0.1, 0.15) is 0 Å². The summed E-state index contributed by atoms with van der Waals surface area (Å²) in [6.07, 6.45) is 1.89. The number of aliphatic hydroxyl groups is 1. The molecule has 6 heteroatoms. The number of pyridine rings is 1. The van der Waals surface area contributed by atoms with E-state index in [4.69, 9.17) is 4.52 Å². The Labute approximate surface area is 157 Å². The molecule has 1 saturated heterocycles. The standard InChI is InChI=1S/C21H23N3O3/c1-13-8-18(19-14(2)23-27-20(19)22-13)21(26)24-7-6-16(11-24)9-15-4-3-5-17(10-15)12-25/h3-5,8,10,16,25H,6-7,9,11-12H2,1-2H3/t16-/m1/s1. The third-order valence-corrected chi connectivity index (χ3v) is 5.25. The van der Waals surface area contributed by atoms with E-state index in [9.17, 15) is 9.90 Å². The molecule has 0 spiro atoms. The molecule has 140 valence electrons. The van der Waals surface area contributed by atoms with E-state index in [1.807, 2.05) is 43.0 Å². The topological polar surface area (TPSA) is 79.5 Å². The summed E-state index contributed by atoms with van der Waals surface area (Å²) in [7, 11) is 0. The van der Waals surface area contributed by atoms with Crippen molar-refractivity contribution in [2.24, 2.45) is 5.92 Å². The highest BCUT2D eigenvalue weighted by molar-refractivity contribution is 6.06. The first-order valence-electron chi connectivity index (χ1n) is 9.26. The SMILES string of the molecule is Cc1cc(C(=O)N2CC[C@H](Cc3cccc(CO)c3)C2)c2c(C)noc2n1. The quantitative estimate of drug-likeness (QED) is 0.769. The van der Waals surface area contributed by atoms with Crippen LogP contribution < -0.4 is 0 Å². The Kier molecular flexibility index (Phi) is 4.66. The van der Waals surface area contributed by atoms with Crippen LogP contribution in [-0.4, -0.2) is 39.1 Å². The molecule has 0 aliphatic carbocycles. The average molecular weight is 365 g/mol. The molecule has 1 aliphatic heterocycles. The zero-order valence-corrected chi connectivity index (χ0v) is 15.6. The van der Waals surface area contributed by atoms with Gasteiger partial charge in [0, 0.05) is 18.8 Å². The summed E-state index contributed by atoms with van der Waals surface area (Å²) < 4.78 is 5.25. The Morgan fingerprint density at radius 1 is 1.30 bits per heavy atom. The first-order chi connectivity index (χ1) is 13.0. The van der Waals surface area contributed by atoms with E-state index in [0.717, 1.165) is 37.2 Å². The van der Waals surface area contributed by atoms with Crippen molar-refractivity contribution < 1.29 is 14.4 Å². The summed E-state index contributed by atoms with van der Waals surface area (Å²) in [6, 6.07) is 9.85. The fraction of sp³-hybridized carbons (Fsp3) is 0.381. The second-order valence-corrected chi connectivity index (χ2v) is 7.35. The van der Waals surface area contributed by atoms with Crippen molar-refractivity contribution in [1.82, 2.24) is 15.0 Å². The van der Waals surface area contributed by atoms with Gasteiger partial charge in [-0.05, 0) is 49.8 Å². The van der Waals surface area contributed by atoms with Gasteiger partial charge in [0.2, 0.25) is 0 Å². The number of aryl methyl sites for hydroxylation is 2. The van der Waals surface area contributed by atoms with Gasteiger partial charge < -0.3 is 14.5 Å². The molecule has 4 rings (SSSR count). The summed E-state index contributed by atoms with van der Waals surface area (Å²) >= 11 is 0. The maximum absolute atomic E-state index is 13.2. The van der Waals surface area contributed by atoms with E-state index in [0.29, 0.717) is 28.3 Å². The molecule has 3 heterocycles. The Morgan fingerprint density at radius 3 is 2.93 bits per heavy atom. The van der Waals surface area contributed by atoms with Gasteiger partial charge in [-0.1, -0.05) is 29.4 Å². The number of nitrogens with zero attached hydrogens (tertiary/aromatic N) is 3. The van der Waals surface area contributed by atoms with Crippen LogP contribution in [-0.2, 0) is 13.0 Å². The fourth-order valence-corrected chi connectivity index (χ4v) is 3.93. The molecule has 2 aromatic heterocycles. The fourth-order valence-electron chi connectivity index (χ4n) is 3.93. The normalized spacial score (nSPS) is 17.0. The average Bonchev–Trinajstić information content (AvgIpc) is 3.27. The zero-order valence-electron chi connectivity index (χ0n) is 15.6. The number of aliphatic hydroxyl groups excluding tert-OH is 1. The minimum absolute atomic E-state index is 0.0170. The summed E-state index contributed by atoms with van der Waals surface area (Å²) in [4.78, 5) is 19.4. The van der Waals surface area contributed by atoms with Crippen molar-refractivity contribution >= 4 is 17.0 Å². The number of carbonyl (C=O) groups excluding carboxylic acids is 1. The molecule has 0 bridgehead atoms. The van der Waals surface area contributed by atoms with Gasteiger partial charge in [-0.15, -0.1) is 0 Å². The Bertz CT molecular complexity index is 996. The van der Waals surface area contributed by atoms with Crippen LogP contribution in [0.15, 0.2) is 34.9 Å². The van der Waals surface area contributed by atoms with E-state index in [2.05, 4.69) is 16.2 Å². The van der Waals surface area contributed by atoms with Crippen LogP contribution in [0.2, 0.25) is 0 Å². The van der Waals surface area contributed by atoms with Gasteiger partial charge in [0.25, 0.3) is 11.6 Å². The smallest absolute Gasteiger partial charge is 0.258 e. The number of fused-ring (bicyclic) bond motifs is 1. The number of likely N-dealkylation sites (tertiary alicyclic amines) is 1. The summed E-state index contributed by atoms with van der Waals surface area (Å²) in [6.45, 7) is 5.22. The third kappa shape index (κ3) is 3.45. The molecule has 6 nitrogen and oxygen atoms in total. The molecule has 0 unspecified atom stereocenters. The van der Waals surface area contributed by atoms with Crippen molar-refractivity contribution in [3.8, 4) is 0 Å². The second-order valence-electron chi connectivity index (χ2n) is 7.35. The van der Waals surface area contributed by atoms with Crippen LogP contribution in [0.4, 0.5) is 0 Å². The lowest BCUT2D eigenvalue weighted by Crippen LogP contribution is -2.29. The van der Waals surface area contributed by atoms with E-state index in [1.165, 1.54) is 5.56 Å². The molecule has 1 aliphatic rings. The second kappa shape index (κ2) is 7.12. The summed E-state index contributed by atoms with van der Waals surface area (Å²) in [5, 5.41) is 14.0. The zero-order chi connectivity index (χ0) is 19.0. The predicted molar refractivity (Wildman–Crippen MR) is 101 cm³/mol. The number of hydrogen-bond donors (Lipinski definition) is 1. The van der Waals surface area contributed by atoms with Crippen LogP contribution in [0.1, 0.15) is 39.3 Å². The van der Waals surface area contributed by atoms with E-state index < -0.39 is 0 Å². The van der Waals surface area contributed by atoms with Gasteiger partial charge in [0.15, 0.2) is 0 Å². The van der Waals surface area contributed by atoms with Crippen LogP contribution in [0.3, 0.4) is 0 Å². The highest BCUT2D eigenvalue weighted by Gasteiger charge is 2.29. The Balaban J connectivity index is 1.52. The maximum Gasteiger partial charge on any atom is 0.258 e. The Hall–Kier alpha value is -2.73. The third-order valence-electron chi connectivity index (χ3n) is 5.25. The van der Waals surface area contributed by atoms with Crippen molar-refractivity contribution in [3.63, 3.8) is 0 Å². The number of benzene rings is 1. The molecule has 1 aromatic carbocycles. The maximum atomic E-state index is 13.2. The highest BCUT2D eigenvalue weighted by Crippen LogP contribution is 2.27. The highest BCUT2D eigenvalue weighted by atomic mass is 16.5. The first kappa shape index (κ1) is 17.7. The predicted octanol–water partition coefficient (Wildman–Crippen LogP) is 3.04. The number of amides is 1. The van der Waals surface area contributed by atoms with Gasteiger partial charge in [-0.25, -0.2) is 4.98 Å². The lowest BCUT2D eigenvalue weighted by Gasteiger charge is -2.17. The molecule has 1 N–H and O–H groups in total. The first-order valence-corrected chi connectivity index (χ1v) is 9.26. The van der Waals surface area contributed by atoms with Gasteiger partial charge >= 0.3 is 0 Å². The van der Waals surface area contributed by atoms with Gasteiger partial charge in [-0.3, -0.25) is 4.79 Å². The number of aromatic nitrogens is 2. The molecule has 1 fully saturated rings. The van der Waals surface area contributed by atoms with E-state index >= 15 is 0 Å². The number of rotatable bonds is 4. The van der Waals surface area contributed by atoms with Crippen LogP contribution >= 0.6 is 0 Å². The van der Waals surface area contributed by atoms with Crippen molar-refractivity contribution in [2.45, 2.75) is 33.3 Å².